The number of nitrogens with two attached hydrogens (primary N) is 1. The zero-order valence-corrected chi connectivity index (χ0v) is 21.1. The molecule has 1 aliphatic heterocycles. The molecule has 0 spiro atoms. The van der Waals surface area contributed by atoms with Crippen molar-refractivity contribution in [3.8, 4) is 11.1 Å². The summed E-state index contributed by atoms with van der Waals surface area (Å²) in [4.78, 5) is 32.4. The number of aromatic nitrogens is 2. The van der Waals surface area contributed by atoms with Crippen LogP contribution in [0.5, 0.6) is 0 Å². The summed E-state index contributed by atoms with van der Waals surface area (Å²) in [6.45, 7) is 2.10. The van der Waals surface area contributed by atoms with Crippen molar-refractivity contribution >= 4 is 46.6 Å². The Kier molecular flexibility index (Phi) is 8.22. The Labute approximate surface area is 223 Å². The van der Waals surface area contributed by atoms with Gasteiger partial charge in [0.25, 0.3) is 0 Å². The number of primary amides is 1. The van der Waals surface area contributed by atoms with Crippen LogP contribution < -0.4 is 16.0 Å². The smallest absolute Gasteiger partial charge is 0.336 e. The maximum Gasteiger partial charge on any atom is 0.336 e. The molecule has 37 heavy (non-hydrogen) atoms. The van der Waals surface area contributed by atoms with E-state index in [4.69, 9.17) is 28.9 Å². The van der Waals surface area contributed by atoms with Gasteiger partial charge >= 0.3 is 5.97 Å². The van der Waals surface area contributed by atoms with E-state index in [-0.39, 0.29) is 5.56 Å². The fraction of sp³-hybridized carbons (Fsp3) is 0.111. The summed E-state index contributed by atoms with van der Waals surface area (Å²) >= 11 is 12.5. The zero-order chi connectivity index (χ0) is 26.4. The minimum Gasteiger partial charge on any atom is -0.478 e. The second-order valence-electron chi connectivity index (χ2n) is 8.13. The lowest BCUT2D eigenvalue weighted by Gasteiger charge is -2.32. The van der Waals surface area contributed by atoms with Gasteiger partial charge in [0.1, 0.15) is 5.82 Å². The molecule has 0 atom stereocenters. The maximum absolute atomic E-state index is 11.6. The molecule has 3 heterocycles. The van der Waals surface area contributed by atoms with Crippen molar-refractivity contribution in [1.82, 2.24) is 9.97 Å². The summed E-state index contributed by atoms with van der Waals surface area (Å²) in [6, 6.07) is 17.6. The highest BCUT2D eigenvalue weighted by Crippen LogP contribution is 2.35. The lowest BCUT2D eigenvalue weighted by molar-refractivity contribution is 0.0697. The number of aromatic carboxylic acids is 1. The Morgan fingerprint density at radius 1 is 1.05 bits per heavy atom. The SMILES string of the molecule is NC(=O)c1cccnc1.O=C(O)c1ccccc1-c1cnc2c(c1)N(Cc1cc(Cl)ccc1Cl)CCN2. The van der Waals surface area contributed by atoms with Crippen molar-refractivity contribution in [2.24, 2.45) is 5.73 Å². The van der Waals surface area contributed by atoms with Crippen LogP contribution in [0.1, 0.15) is 26.3 Å². The molecule has 4 N–H and O–H groups in total. The summed E-state index contributed by atoms with van der Waals surface area (Å²) in [5, 5.41) is 14.1. The Hall–Kier alpha value is -4.14. The fourth-order valence-corrected chi connectivity index (χ4v) is 4.24. The molecule has 4 aromatic rings. The summed E-state index contributed by atoms with van der Waals surface area (Å²) in [7, 11) is 0. The highest BCUT2D eigenvalue weighted by atomic mass is 35.5. The summed E-state index contributed by atoms with van der Waals surface area (Å²) in [5.41, 5.74) is 8.84. The van der Waals surface area contributed by atoms with E-state index in [0.717, 1.165) is 35.7 Å². The quantitative estimate of drug-likeness (QED) is 0.314. The number of carboxylic acids is 1. The van der Waals surface area contributed by atoms with E-state index in [0.29, 0.717) is 27.7 Å². The van der Waals surface area contributed by atoms with Gasteiger partial charge in [0.2, 0.25) is 5.91 Å². The minimum absolute atomic E-state index is 0.248. The van der Waals surface area contributed by atoms with Gasteiger partial charge in [-0.15, -0.1) is 0 Å². The number of pyridine rings is 2. The molecule has 5 rings (SSSR count). The number of amides is 1. The number of carboxylic acid groups (broad SMARTS) is 1. The van der Waals surface area contributed by atoms with Crippen molar-refractivity contribution in [3.05, 3.63) is 106 Å². The second kappa shape index (κ2) is 11.7. The first-order valence-electron chi connectivity index (χ1n) is 11.3. The Bertz CT molecular complexity index is 1430. The molecule has 0 saturated heterocycles. The Morgan fingerprint density at radius 2 is 1.86 bits per heavy atom. The van der Waals surface area contributed by atoms with Gasteiger partial charge in [-0.1, -0.05) is 41.4 Å². The van der Waals surface area contributed by atoms with E-state index in [1.165, 1.54) is 6.20 Å². The van der Waals surface area contributed by atoms with Crippen LogP contribution in [0.3, 0.4) is 0 Å². The maximum atomic E-state index is 11.6. The van der Waals surface area contributed by atoms with Crippen LogP contribution in [0.25, 0.3) is 11.1 Å². The first kappa shape index (κ1) is 25.9. The van der Waals surface area contributed by atoms with Crippen LogP contribution in [0.4, 0.5) is 11.5 Å². The molecule has 2 aromatic carbocycles. The molecule has 0 saturated carbocycles. The monoisotopic (exact) mass is 535 g/mol. The van der Waals surface area contributed by atoms with E-state index < -0.39 is 11.9 Å². The van der Waals surface area contributed by atoms with Crippen molar-refractivity contribution in [2.75, 3.05) is 23.3 Å². The van der Waals surface area contributed by atoms with E-state index >= 15 is 0 Å². The van der Waals surface area contributed by atoms with Crippen LogP contribution in [0.15, 0.2) is 79.3 Å². The van der Waals surface area contributed by atoms with Gasteiger partial charge in [-0.05, 0) is 53.6 Å². The molecular weight excluding hydrogens is 513 g/mol. The number of anilines is 2. The molecule has 1 amide bonds. The van der Waals surface area contributed by atoms with Gasteiger partial charge < -0.3 is 21.1 Å². The molecule has 188 valence electrons. The first-order valence-corrected chi connectivity index (χ1v) is 12.0. The number of fused-ring (bicyclic) bond motifs is 1. The number of carbonyl (C=O) groups is 2. The zero-order valence-electron chi connectivity index (χ0n) is 19.6. The van der Waals surface area contributed by atoms with Crippen LogP contribution in [0, 0.1) is 0 Å². The molecule has 0 unspecified atom stereocenters. The summed E-state index contributed by atoms with van der Waals surface area (Å²) in [5.74, 6) is -0.641. The van der Waals surface area contributed by atoms with E-state index in [1.54, 1.807) is 54.9 Å². The fourth-order valence-electron chi connectivity index (χ4n) is 3.87. The van der Waals surface area contributed by atoms with Gasteiger partial charge in [0.15, 0.2) is 0 Å². The summed E-state index contributed by atoms with van der Waals surface area (Å²) in [6.07, 6.45) is 4.72. The largest absolute Gasteiger partial charge is 0.478 e. The molecule has 2 aromatic heterocycles. The third-order valence-electron chi connectivity index (χ3n) is 5.67. The molecule has 10 heteroatoms. The van der Waals surface area contributed by atoms with Crippen molar-refractivity contribution in [2.45, 2.75) is 6.54 Å². The lowest BCUT2D eigenvalue weighted by Crippen LogP contribution is -2.34. The predicted octanol–water partition coefficient (Wildman–Crippen LogP) is 5.37. The second-order valence-corrected chi connectivity index (χ2v) is 8.98. The Morgan fingerprint density at radius 3 is 2.57 bits per heavy atom. The number of halogens is 2. The van der Waals surface area contributed by atoms with Crippen molar-refractivity contribution in [1.29, 1.82) is 0 Å². The van der Waals surface area contributed by atoms with Gasteiger partial charge in [-0.2, -0.15) is 0 Å². The molecule has 8 nitrogen and oxygen atoms in total. The average molecular weight is 536 g/mol. The lowest BCUT2D eigenvalue weighted by atomic mass is 10.0. The number of hydrogen-bond donors (Lipinski definition) is 3. The molecule has 0 bridgehead atoms. The van der Waals surface area contributed by atoms with Gasteiger partial charge in [-0.25, -0.2) is 9.78 Å². The van der Waals surface area contributed by atoms with Crippen LogP contribution in [-0.4, -0.2) is 40.0 Å². The topological polar surface area (TPSA) is 121 Å². The van der Waals surface area contributed by atoms with E-state index in [2.05, 4.69) is 20.2 Å². The van der Waals surface area contributed by atoms with Gasteiger partial charge in [-0.3, -0.25) is 9.78 Å². The van der Waals surface area contributed by atoms with Gasteiger partial charge in [0, 0.05) is 53.8 Å². The third kappa shape index (κ3) is 6.35. The van der Waals surface area contributed by atoms with E-state index in [1.807, 2.05) is 18.2 Å². The van der Waals surface area contributed by atoms with E-state index in [9.17, 15) is 14.7 Å². The van der Waals surface area contributed by atoms with Crippen LogP contribution in [0.2, 0.25) is 10.0 Å². The molecule has 0 fully saturated rings. The highest BCUT2D eigenvalue weighted by Gasteiger charge is 2.21. The standard InChI is InChI=1S/C21H17Cl2N3O2.C6H6N2O/c22-15-5-6-18(23)14(9-15)12-26-8-7-24-20-19(26)10-13(11-25-20)16-3-1-2-4-17(16)21(27)28;7-6(9)5-2-1-3-8-4-5/h1-6,9-11H,7-8,12H2,(H,24,25)(H,27,28);1-4H,(H2,7,9). The normalized spacial score (nSPS) is 12.0. The van der Waals surface area contributed by atoms with Crippen molar-refractivity contribution < 1.29 is 14.7 Å². The number of rotatable bonds is 5. The minimum atomic E-state index is -0.964. The summed E-state index contributed by atoms with van der Waals surface area (Å²) < 4.78 is 0. The number of nitrogens with one attached hydrogen (secondary N) is 1. The number of carbonyl (C=O) groups excluding carboxylic acids is 1. The first-order chi connectivity index (χ1) is 17.8. The number of benzene rings is 2. The average Bonchev–Trinajstić information content (AvgIpc) is 2.91. The Balaban J connectivity index is 0.000000301. The molecular formula is C27H23Cl2N5O3. The molecule has 0 radical (unpaired) electrons. The van der Waals surface area contributed by atoms with Crippen molar-refractivity contribution in [3.63, 3.8) is 0 Å². The number of nitrogens with zero attached hydrogens (tertiary/aromatic N) is 3. The number of hydrogen-bond acceptors (Lipinski definition) is 6. The molecule has 1 aliphatic rings. The third-order valence-corrected chi connectivity index (χ3v) is 6.27. The van der Waals surface area contributed by atoms with Crippen LogP contribution in [-0.2, 0) is 6.54 Å². The highest BCUT2D eigenvalue weighted by molar-refractivity contribution is 6.33. The predicted molar refractivity (Wildman–Crippen MR) is 145 cm³/mol. The van der Waals surface area contributed by atoms with Gasteiger partial charge in [0.05, 0.1) is 16.8 Å². The van der Waals surface area contributed by atoms with Crippen LogP contribution >= 0.6 is 23.2 Å². The molecule has 0 aliphatic carbocycles.